The van der Waals surface area contributed by atoms with Crippen molar-refractivity contribution >= 4 is 56.2 Å². The average Bonchev–Trinajstić information content (AvgIpc) is 2.53. The van der Waals surface area contributed by atoms with Crippen LogP contribution >= 0.6 is 34.8 Å². The van der Waals surface area contributed by atoms with Gasteiger partial charge in [-0.1, -0.05) is 34.8 Å². The van der Waals surface area contributed by atoms with E-state index in [9.17, 15) is 17.6 Å². The second kappa shape index (κ2) is 7.78. The highest BCUT2D eigenvalue weighted by atomic mass is 35.5. The number of nitrogens with one attached hydrogen (secondary N) is 2. The van der Waals surface area contributed by atoms with Gasteiger partial charge in [0, 0.05) is 5.02 Å². The molecule has 0 aromatic heterocycles. The van der Waals surface area contributed by atoms with Crippen LogP contribution in [-0.2, 0) is 14.6 Å². The molecule has 0 fully saturated rings. The van der Waals surface area contributed by atoms with Gasteiger partial charge in [-0.15, -0.1) is 0 Å². The Hall–Kier alpha value is -1.54. The number of amides is 1. The molecular formula is C15H12Cl3FN2O3S. The van der Waals surface area contributed by atoms with Crippen molar-refractivity contribution in [2.24, 2.45) is 0 Å². The van der Waals surface area contributed by atoms with Gasteiger partial charge in [-0.25, -0.2) is 12.8 Å². The molecule has 0 aliphatic carbocycles. The molecule has 2 aromatic carbocycles. The first-order valence-electron chi connectivity index (χ1n) is 6.83. The van der Waals surface area contributed by atoms with E-state index < -0.39 is 26.8 Å². The quantitative estimate of drug-likeness (QED) is 0.559. The molecule has 5 nitrogen and oxygen atoms in total. The normalized spacial score (nSPS) is 12.5. The van der Waals surface area contributed by atoms with Gasteiger partial charge in [0.05, 0.1) is 20.6 Å². The number of rotatable bonds is 5. The van der Waals surface area contributed by atoms with Crippen LogP contribution in [0.25, 0.3) is 0 Å². The van der Waals surface area contributed by atoms with Crippen molar-refractivity contribution in [1.82, 2.24) is 5.43 Å². The molecule has 0 spiro atoms. The number of sulfone groups is 1. The highest BCUT2D eigenvalue weighted by Crippen LogP contribution is 2.33. The molecule has 2 aromatic rings. The van der Waals surface area contributed by atoms with Gasteiger partial charge < -0.3 is 0 Å². The van der Waals surface area contributed by atoms with Gasteiger partial charge in [-0.2, -0.15) is 0 Å². The minimum Gasteiger partial charge on any atom is -0.296 e. The maximum atomic E-state index is 12.9. The molecule has 1 amide bonds. The van der Waals surface area contributed by atoms with Gasteiger partial charge in [-0.3, -0.25) is 15.6 Å². The molecule has 2 N–H and O–H groups in total. The second-order valence-corrected chi connectivity index (χ2v) is 8.52. The van der Waals surface area contributed by atoms with Crippen molar-refractivity contribution in [1.29, 1.82) is 0 Å². The van der Waals surface area contributed by atoms with Crippen LogP contribution in [0.3, 0.4) is 0 Å². The minimum atomic E-state index is -3.99. The molecular weight excluding hydrogens is 414 g/mol. The van der Waals surface area contributed by atoms with Crippen molar-refractivity contribution in [2.75, 3.05) is 5.43 Å². The molecule has 0 saturated heterocycles. The summed E-state index contributed by atoms with van der Waals surface area (Å²) in [5.74, 6) is -1.42. The van der Waals surface area contributed by atoms with E-state index in [0.717, 1.165) is 24.3 Å². The van der Waals surface area contributed by atoms with Crippen LogP contribution < -0.4 is 10.9 Å². The number of carbonyl (C=O) groups is 1. The van der Waals surface area contributed by atoms with Crippen molar-refractivity contribution in [3.63, 3.8) is 0 Å². The van der Waals surface area contributed by atoms with E-state index >= 15 is 0 Å². The lowest BCUT2D eigenvalue weighted by Crippen LogP contribution is -2.41. The molecule has 2 rings (SSSR count). The number of carbonyl (C=O) groups excluding carboxylic acids is 1. The lowest BCUT2D eigenvalue weighted by Gasteiger charge is -2.16. The van der Waals surface area contributed by atoms with Crippen LogP contribution in [0, 0.1) is 5.82 Å². The van der Waals surface area contributed by atoms with Gasteiger partial charge in [-0.05, 0) is 43.3 Å². The number of benzene rings is 2. The smallest absolute Gasteiger partial charge is 0.256 e. The second-order valence-electron chi connectivity index (χ2n) is 5.00. The summed E-state index contributed by atoms with van der Waals surface area (Å²) in [4.78, 5) is 12.0. The van der Waals surface area contributed by atoms with Crippen molar-refractivity contribution in [2.45, 2.75) is 17.1 Å². The molecule has 0 aliphatic heterocycles. The molecule has 1 unspecified atom stereocenters. The predicted molar refractivity (Wildman–Crippen MR) is 96.3 cm³/mol. The first kappa shape index (κ1) is 19.8. The first-order chi connectivity index (χ1) is 11.6. The van der Waals surface area contributed by atoms with E-state index in [1.807, 2.05) is 0 Å². The maximum Gasteiger partial charge on any atom is 0.256 e. The third-order valence-corrected chi connectivity index (χ3v) is 6.18. The van der Waals surface area contributed by atoms with E-state index in [1.54, 1.807) is 0 Å². The van der Waals surface area contributed by atoms with Crippen LogP contribution in [0.15, 0.2) is 41.3 Å². The zero-order valence-corrected chi connectivity index (χ0v) is 15.8. The fraction of sp³-hybridized carbons (Fsp3) is 0.133. The Balaban J connectivity index is 2.14. The van der Waals surface area contributed by atoms with E-state index in [4.69, 9.17) is 34.8 Å². The monoisotopic (exact) mass is 424 g/mol. The SMILES string of the molecule is CC(C(=O)NNc1c(Cl)cc(Cl)cc1Cl)S(=O)(=O)c1ccc(F)cc1. The molecule has 0 heterocycles. The lowest BCUT2D eigenvalue weighted by molar-refractivity contribution is -0.119. The van der Waals surface area contributed by atoms with Gasteiger partial charge in [0.2, 0.25) is 0 Å². The Kier molecular flexibility index (Phi) is 6.16. The molecule has 10 heteroatoms. The van der Waals surface area contributed by atoms with E-state index in [2.05, 4.69) is 10.9 Å². The number of anilines is 1. The summed E-state index contributed by atoms with van der Waals surface area (Å²) in [6.07, 6.45) is 0. The number of hydrazine groups is 1. The predicted octanol–water partition coefficient (Wildman–Crippen LogP) is 4.09. The van der Waals surface area contributed by atoms with Crippen molar-refractivity contribution in [3.05, 3.63) is 57.3 Å². The first-order valence-corrected chi connectivity index (χ1v) is 9.51. The summed E-state index contributed by atoms with van der Waals surface area (Å²) < 4.78 is 37.7. The van der Waals surface area contributed by atoms with E-state index in [1.165, 1.54) is 19.1 Å². The molecule has 0 bridgehead atoms. The third-order valence-electron chi connectivity index (χ3n) is 3.29. The highest BCUT2D eigenvalue weighted by molar-refractivity contribution is 7.92. The Morgan fingerprint density at radius 1 is 1.08 bits per heavy atom. The summed E-state index contributed by atoms with van der Waals surface area (Å²) in [5.41, 5.74) is 4.88. The fourth-order valence-electron chi connectivity index (χ4n) is 1.86. The maximum absolute atomic E-state index is 12.9. The molecule has 0 saturated carbocycles. The highest BCUT2D eigenvalue weighted by Gasteiger charge is 2.30. The van der Waals surface area contributed by atoms with Crippen LogP contribution in [0.1, 0.15) is 6.92 Å². The molecule has 25 heavy (non-hydrogen) atoms. The number of hydrogen-bond acceptors (Lipinski definition) is 4. The van der Waals surface area contributed by atoms with E-state index in [0.29, 0.717) is 5.02 Å². The van der Waals surface area contributed by atoms with Gasteiger partial charge in [0.1, 0.15) is 11.1 Å². The van der Waals surface area contributed by atoms with Crippen LogP contribution in [-0.4, -0.2) is 19.6 Å². The Morgan fingerprint density at radius 3 is 2.12 bits per heavy atom. The molecule has 1 atom stereocenters. The summed E-state index contributed by atoms with van der Waals surface area (Å²) in [5, 5.41) is -0.840. The topological polar surface area (TPSA) is 75.3 Å². The standard InChI is InChI=1S/C15H12Cl3FN2O3S/c1-8(25(23,24)11-4-2-10(19)3-5-11)15(22)21-20-14-12(17)6-9(16)7-13(14)18/h2-8,20H,1H3,(H,21,22). The Morgan fingerprint density at radius 2 is 1.60 bits per heavy atom. The molecule has 134 valence electrons. The minimum absolute atomic E-state index is 0.145. The van der Waals surface area contributed by atoms with Crippen LogP contribution in [0.2, 0.25) is 15.1 Å². The number of hydrogen-bond donors (Lipinski definition) is 2. The largest absolute Gasteiger partial charge is 0.296 e. The third kappa shape index (κ3) is 4.55. The Labute approximate surface area is 159 Å². The summed E-state index contributed by atoms with van der Waals surface area (Å²) >= 11 is 17.7. The lowest BCUT2D eigenvalue weighted by atomic mass is 10.3. The average molecular weight is 426 g/mol. The Bertz CT molecular complexity index is 882. The summed E-state index contributed by atoms with van der Waals surface area (Å²) in [6.45, 7) is 1.21. The van der Waals surface area contributed by atoms with Gasteiger partial charge >= 0.3 is 0 Å². The van der Waals surface area contributed by atoms with Crippen LogP contribution in [0.4, 0.5) is 10.1 Å². The summed E-state index contributed by atoms with van der Waals surface area (Å²) in [7, 11) is -3.99. The summed E-state index contributed by atoms with van der Waals surface area (Å²) in [6, 6.07) is 7.00. The van der Waals surface area contributed by atoms with Crippen molar-refractivity contribution < 1.29 is 17.6 Å². The molecule has 0 radical (unpaired) electrons. The van der Waals surface area contributed by atoms with Gasteiger partial charge in [0.25, 0.3) is 5.91 Å². The van der Waals surface area contributed by atoms with Crippen LogP contribution in [0.5, 0.6) is 0 Å². The van der Waals surface area contributed by atoms with Gasteiger partial charge in [0.15, 0.2) is 9.84 Å². The van der Waals surface area contributed by atoms with Crippen molar-refractivity contribution in [3.8, 4) is 0 Å². The molecule has 0 aliphatic rings. The van der Waals surface area contributed by atoms with E-state index in [-0.39, 0.29) is 20.6 Å². The fourth-order valence-corrected chi connectivity index (χ4v) is 4.03. The number of halogens is 4. The zero-order chi connectivity index (χ0) is 18.8. The zero-order valence-electron chi connectivity index (χ0n) is 12.7.